The molecule has 0 aliphatic rings. The Labute approximate surface area is 122 Å². The molecule has 0 bridgehead atoms. The van der Waals surface area contributed by atoms with Crippen LogP contribution in [0.4, 0.5) is 0 Å². The van der Waals surface area contributed by atoms with E-state index < -0.39 is 0 Å². The molecule has 0 amide bonds. The highest BCUT2D eigenvalue weighted by molar-refractivity contribution is 6.29. The Morgan fingerprint density at radius 3 is 2.70 bits per heavy atom. The zero-order chi connectivity index (χ0) is 13.9. The maximum absolute atomic E-state index is 6.12. The lowest BCUT2D eigenvalue weighted by Gasteiger charge is -2.07. The van der Waals surface area contributed by atoms with Crippen molar-refractivity contribution in [2.24, 2.45) is 0 Å². The van der Waals surface area contributed by atoms with Crippen molar-refractivity contribution in [1.29, 1.82) is 0 Å². The number of hydrogen-bond donors (Lipinski definition) is 0. The van der Waals surface area contributed by atoms with Gasteiger partial charge in [0, 0.05) is 30.6 Å². The number of nitrogens with zero attached hydrogens (tertiary/aromatic N) is 4. The summed E-state index contributed by atoms with van der Waals surface area (Å²) in [6.45, 7) is 2.89. The molecule has 20 heavy (non-hydrogen) atoms. The van der Waals surface area contributed by atoms with Crippen LogP contribution in [0, 0.1) is 0 Å². The number of aromatic nitrogens is 4. The molecule has 3 aromatic rings. The van der Waals surface area contributed by atoms with Gasteiger partial charge in [-0.05, 0) is 6.92 Å². The Morgan fingerprint density at radius 2 is 1.95 bits per heavy atom. The average molecular weight is 285 g/mol. The van der Waals surface area contributed by atoms with Crippen LogP contribution in [0.25, 0.3) is 22.9 Å². The summed E-state index contributed by atoms with van der Waals surface area (Å²) in [5, 5.41) is 0.416. The number of benzene rings is 1. The molecule has 4 nitrogen and oxygen atoms in total. The molecule has 0 atom stereocenters. The molecule has 0 radical (unpaired) electrons. The summed E-state index contributed by atoms with van der Waals surface area (Å²) >= 11 is 6.12. The number of hydrogen-bond acceptors (Lipinski definition) is 3. The maximum Gasteiger partial charge on any atom is 0.161 e. The highest BCUT2D eigenvalue weighted by atomic mass is 35.5. The second kappa shape index (κ2) is 5.43. The van der Waals surface area contributed by atoms with Gasteiger partial charge in [0.1, 0.15) is 10.8 Å². The SMILES string of the molecule is CCn1ccnc1-c1cc(Cl)nc(-c2ccccc2)n1. The molecule has 5 heteroatoms. The number of rotatable bonds is 3. The lowest BCUT2D eigenvalue weighted by Crippen LogP contribution is -2.00. The van der Waals surface area contributed by atoms with Crippen LogP contribution in [0.2, 0.25) is 5.15 Å². The van der Waals surface area contributed by atoms with Crippen LogP contribution in [-0.2, 0) is 6.54 Å². The van der Waals surface area contributed by atoms with Gasteiger partial charge in [0.05, 0.1) is 0 Å². The third-order valence-electron chi connectivity index (χ3n) is 3.01. The average Bonchev–Trinajstić information content (AvgIpc) is 2.96. The first-order chi connectivity index (χ1) is 9.78. The van der Waals surface area contributed by atoms with E-state index in [4.69, 9.17) is 11.6 Å². The van der Waals surface area contributed by atoms with Crippen molar-refractivity contribution in [3.05, 3.63) is 53.9 Å². The van der Waals surface area contributed by atoms with Gasteiger partial charge in [0.15, 0.2) is 11.6 Å². The minimum absolute atomic E-state index is 0.416. The summed E-state index contributed by atoms with van der Waals surface area (Å²) in [4.78, 5) is 13.2. The Balaban J connectivity index is 2.12. The number of aryl methyl sites for hydroxylation is 1. The van der Waals surface area contributed by atoms with Crippen LogP contribution in [0.5, 0.6) is 0 Å². The van der Waals surface area contributed by atoms with E-state index >= 15 is 0 Å². The summed E-state index contributed by atoms with van der Waals surface area (Å²) in [6, 6.07) is 11.5. The van der Waals surface area contributed by atoms with Gasteiger partial charge in [-0.25, -0.2) is 15.0 Å². The molecule has 0 N–H and O–H groups in total. The van der Waals surface area contributed by atoms with Crippen molar-refractivity contribution in [2.75, 3.05) is 0 Å². The minimum atomic E-state index is 0.416. The molecule has 0 saturated carbocycles. The van der Waals surface area contributed by atoms with E-state index in [2.05, 4.69) is 21.9 Å². The highest BCUT2D eigenvalue weighted by Gasteiger charge is 2.11. The van der Waals surface area contributed by atoms with Gasteiger partial charge in [-0.1, -0.05) is 41.9 Å². The summed E-state index contributed by atoms with van der Waals surface area (Å²) in [5.74, 6) is 1.41. The second-order valence-electron chi connectivity index (χ2n) is 4.30. The van der Waals surface area contributed by atoms with Crippen molar-refractivity contribution >= 4 is 11.6 Å². The van der Waals surface area contributed by atoms with E-state index in [0.717, 1.165) is 23.6 Å². The monoisotopic (exact) mass is 284 g/mol. The van der Waals surface area contributed by atoms with Gasteiger partial charge >= 0.3 is 0 Å². The maximum atomic E-state index is 6.12. The van der Waals surface area contributed by atoms with Crippen LogP contribution >= 0.6 is 11.6 Å². The topological polar surface area (TPSA) is 43.6 Å². The molecule has 0 fully saturated rings. The van der Waals surface area contributed by atoms with Crippen molar-refractivity contribution in [3.8, 4) is 22.9 Å². The predicted octanol–water partition coefficient (Wildman–Crippen LogP) is 3.68. The Kier molecular flexibility index (Phi) is 3.48. The zero-order valence-electron chi connectivity index (χ0n) is 11.0. The van der Waals surface area contributed by atoms with E-state index in [0.29, 0.717) is 11.0 Å². The summed E-state index contributed by atoms with van der Waals surface area (Å²) < 4.78 is 2.02. The third kappa shape index (κ3) is 2.42. The molecule has 100 valence electrons. The molecule has 2 heterocycles. The predicted molar refractivity (Wildman–Crippen MR) is 79.4 cm³/mol. The van der Waals surface area contributed by atoms with Gasteiger partial charge in [-0.3, -0.25) is 0 Å². The van der Waals surface area contributed by atoms with Crippen molar-refractivity contribution in [1.82, 2.24) is 19.5 Å². The van der Waals surface area contributed by atoms with Gasteiger partial charge in [-0.15, -0.1) is 0 Å². The minimum Gasteiger partial charge on any atom is -0.330 e. The van der Waals surface area contributed by atoms with Crippen LogP contribution in [0.3, 0.4) is 0 Å². The fraction of sp³-hybridized carbons (Fsp3) is 0.133. The highest BCUT2D eigenvalue weighted by Crippen LogP contribution is 2.23. The molecule has 0 saturated heterocycles. The van der Waals surface area contributed by atoms with Crippen LogP contribution < -0.4 is 0 Å². The van der Waals surface area contributed by atoms with Gasteiger partial charge in [-0.2, -0.15) is 0 Å². The van der Waals surface area contributed by atoms with E-state index in [9.17, 15) is 0 Å². The quantitative estimate of drug-likeness (QED) is 0.689. The third-order valence-corrected chi connectivity index (χ3v) is 3.21. The molecule has 0 spiro atoms. The van der Waals surface area contributed by atoms with E-state index in [1.54, 1.807) is 12.3 Å². The zero-order valence-corrected chi connectivity index (χ0v) is 11.7. The molecule has 1 aromatic carbocycles. The Hall–Kier alpha value is -2.20. The van der Waals surface area contributed by atoms with Crippen molar-refractivity contribution in [3.63, 3.8) is 0 Å². The summed E-state index contributed by atoms with van der Waals surface area (Å²) in [6.07, 6.45) is 3.69. The Bertz CT molecular complexity index is 722. The smallest absolute Gasteiger partial charge is 0.161 e. The fourth-order valence-corrected chi connectivity index (χ4v) is 2.23. The van der Waals surface area contributed by atoms with E-state index in [1.165, 1.54) is 0 Å². The molecule has 3 rings (SSSR count). The van der Waals surface area contributed by atoms with Crippen LogP contribution in [0.15, 0.2) is 48.8 Å². The lowest BCUT2D eigenvalue weighted by molar-refractivity contribution is 0.767. The van der Waals surface area contributed by atoms with Gasteiger partial charge in [0.25, 0.3) is 0 Å². The summed E-state index contributed by atoms with van der Waals surface area (Å²) in [5.41, 5.74) is 1.67. The number of halogens is 1. The first-order valence-electron chi connectivity index (χ1n) is 6.39. The molecule has 0 aliphatic carbocycles. The second-order valence-corrected chi connectivity index (χ2v) is 4.69. The first kappa shape index (κ1) is 12.8. The molecule has 0 unspecified atom stereocenters. The fourth-order valence-electron chi connectivity index (χ4n) is 2.05. The van der Waals surface area contributed by atoms with Gasteiger partial charge in [0.2, 0.25) is 0 Å². The van der Waals surface area contributed by atoms with E-state index in [-0.39, 0.29) is 0 Å². The van der Waals surface area contributed by atoms with Crippen molar-refractivity contribution in [2.45, 2.75) is 13.5 Å². The standard InChI is InChI=1S/C15H13ClN4/c1-2-20-9-8-17-15(20)12-10-13(16)19-14(18-12)11-6-4-3-5-7-11/h3-10H,2H2,1H3. The largest absolute Gasteiger partial charge is 0.330 e. The van der Waals surface area contributed by atoms with Crippen LogP contribution in [-0.4, -0.2) is 19.5 Å². The first-order valence-corrected chi connectivity index (χ1v) is 6.77. The van der Waals surface area contributed by atoms with Gasteiger partial charge < -0.3 is 4.57 Å². The van der Waals surface area contributed by atoms with Crippen LogP contribution in [0.1, 0.15) is 6.92 Å². The number of imidazole rings is 1. The lowest BCUT2D eigenvalue weighted by atomic mass is 10.2. The molecule has 0 aliphatic heterocycles. The normalized spacial score (nSPS) is 10.7. The van der Waals surface area contributed by atoms with Crippen molar-refractivity contribution < 1.29 is 0 Å². The molecule has 2 aromatic heterocycles. The van der Waals surface area contributed by atoms with E-state index in [1.807, 2.05) is 41.1 Å². The molecular weight excluding hydrogens is 272 g/mol. The Morgan fingerprint density at radius 1 is 1.15 bits per heavy atom. The molecular formula is C15H13ClN4. The summed E-state index contributed by atoms with van der Waals surface area (Å²) in [7, 11) is 0.